The van der Waals surface area contributed by atoms with Gasteiger partial charge in [0.05, 0.1) is 24.2 Å². The van der Waals surface area contributed by atoms with Crippen LogP contribution in [0.4, 0.5) is 0 Å². The van der Waals surface area contributed by atoms with Gasteiger partial charge in [-0.1, -0.05) is 0 Å². The van der Waals surface area contributed by atoms with Gasteiger partial charge < -0.3 is 9.47 Å². The standard InChI is InChI=1S/C15H27NO3/c1-4-18-14(17)12-6-5-9-16(10-12)11-13-7-8-15(2,3)19-13/h12-13H,4-11H2,1-3H3. The van der Waals surface area contributed by atoms with E-state index in [1.807, 2.05) is 6.92 Å². The Labute approximate surface area is 116 Å². The van der Waals surface area contributed by atoms with Gasteiger partial charge in [0.2, 0.25) is 0 Å². The summed E-state index contributed by atoms with van der Waals surface area (Å²) in [5.74, 6) is 0.0305. The first-order valence-corrected chi connectivity index (χ1v) is 7.57. The van der Waals surface area contributed by atoms with Crippen molar-refractivity contribution >= 4 is 5.97 Å². The number of ether oxygens (including phenoxy) is 2. The molecule has 2 unspecified atom stereocenters. The number of carbonyl (C=O) groups excluding carboxylic acids is 1. The summed E-state index contributed by atoms with van der Waals surface area (Å²) in [7, 11) is 0. The maximum Gasteiger partial charge on any atom is 0.310 e. The molecular weight excluding hydrogens is 242 g/mol. The first-order valence-electron chi connectivity index (χ1n) is 7.57. The smallest absolute Gasteiger partial charge is 0.310 e. The number of nitrogens with zero attached hydrogens (tertiary/aromatic N) is 1. The molecule has 0 amide bonds. The molecule has 0 N–H and O–H groups in total. The number of hydrogen-bond acceptors (Lipinski definition) is 4. The van der Waals surface area contributed by atoms with Crippen molar-refractivity contribution in [2.24, 2.45) is 5.92 Å². The van der Waals surface area contributed by atoms with E-state index in [0.29, 0.717) is 12.7 Å². The Bertz CT molecular complexity index is 317. The minimum absolute atomic E-state index is 0.0279. The lowest BCUT2D eigenvalue weighted by atomic mass is 9.97. The van der Waals surface area contributed by atoms with Gasteiger partial charge in [0.1, 0.15) is 0 Å². The van der Waals surface area contributed by atoms with Crippen LogP contribution in [0.25, 0.3) is 0 Å². The van der Waals surface area contributed by atoms with Crippen LogP contribution in [0, 0.1) is 5.92 Å². The van der Waals surface area contributed by atoms with E-state index in [2.05, 4.69) is 18.7 Å². The molecule has 0 saturated carbocycles. The molecule has 2 atom stereocenters. The number of likely N-dealkylation sites (tertiary alicyclic amines) is 1. The summed E-state index contributed by atoms with van der Waals surface area (Å²) in [5.41, 5.74) is 0.0288. The molecule has 0 aliphatic carbocycles. The number of hydrogen-bond donors (Lipinski definition) is 0. The Morgan fingerprint density at radius 2 is 2.21 bits per heavy atom. The molecule has 0 radical (unpaired) electrons. The van der Waals surface area contributed by atoms with Gasteiger partial charge in [-0.25, -0.2) is 0 Å². The van der Waals surface area contributed by atoms with Crippen LogP contribution in [0.15, 0.2) is 0 Å². The molecule has 0 bridgehead atoms. The number of esters is 1. The molecule has 0 aromatic rings. The largest absolute Gasteiger partial charge is 0.466 e. The van der Waals surface area contributed by atoms with E-state index in [1.165, 1.54) is 0 Å². The lowest BCUT2D eigenvalue weighted by Gasteiger charge is -2.33. The highest BCUT2D eigenvalue weighted by atomic mass is 16.5. The molecule has 4 nitrogen and oxygen atoms in total. The lowest BCUT2D eigenvalue weighted by molar-refractivity contribution is -0.150. The van der Waals surface area contributed by atoms with Crippen molar-refractivity contribution in [3.8, 4) is 0 Å². The van der Waals surface area contributed by atoms with Gasteiger partial charge in [0.15, 0.2) is 0 Å². The van der Waals surface area contributed by atoms with Crippen molar-refractivity contribution in [3.63, 3.8) is 0 Å². The van der Waals surface area contributed by atoms with E-state index >= 15 is 0 Å². The van der Waals surface area contributed by atoms with E-state index in [9.17, 15) is 4.79 Å². The zero-order valence-corrected chi connectivity index (χ0v) is 12.5. The molecule has 0 aromatic heterocycles. The van der Waals surface area contributed by atoms with Crippen molar-refractivity contribution in [2.75, 3.05) is 26.2 Å². The van der Waals surface area contributed by atoms with Gasteiger partial charge in [-0.15, -0.1) is 0 Å². The van der Waals surface area contributed by atoms with Crippen LogP contribution in [0.5, 0.6) is 0 Å². The number of carbonyl (C=O) groups is 1. The summed E-state index contributed by atoms with van der Waals surface area (Å²) in [6, 6.07) is 0. The van der Waals surface area contributed by atoms with Gasteiger partial charge in [-0.3, -0.25) is 9.69 Å². The van der Waals surface area contributed by atoms with E-state index in [4.69, 9.17) is 9.47 Å². The fourth-order valence-electron chi connectivity index (χ4n) is 3.17. The normalized spacial score (nSPS) is 31.3. The zero-order chi connectivity index (χ0) is 13.9. The fourth-order valence-corrected chi connectivity index (χ4v) is 3.17. The zero-order valence-electron chi connectivity index (χ0n) is 12.5. The van der Waals surface area contributed by atoms with Crippen LogP contribution in [0.2, 0.25) is 0 Å². The quantitative estimate of drug-likeness (QED) is 0.734. The molecule has 2 saturated heterocycles. The predicted octanol–water partition coefficient (Wildman–Crippen LogP) is 2.22. The molecule has 4 heteroatoms. The van der Waals surface area contributed by atoms with E-state index in [1.54, 1.807) is 0 Å². The summed E-state index contributed by atoms with van der Waals surface area (Å²) in [6.45, 7) is 9.53. The molecule has 19 heavy (non-hydrogen) atoms. The minimum Gasteiger partial charge on any atom is -0.466 e. The highest BCUT2D eigenvalue weighted by Gasteiger charge is 2.34. The topological polar surface area (TPSA) is 38.8 Å². The van der Waals surface area contributed by atoms with Crippen LogP contribution >= 0.6 is 0 Å². The maximum atomic E-state index is 11.8. The SMILES string of the molecule is CCOC(=O)C1CCCN(CC2CCC(C)(C)O2)C1. The Kier molecular flexibility index (Phi) is 4.85. The Morgan fingerprint density at radius 3 is 2.84 bits per heavy atom. The van der Waals surface area contributed by atoms with Crippen molar-refractivity contribution < 1.29 is 14.3 Å². The molecule has 2 fully saturated rings. The first kappa shape index (κ1) is 14.8. The molecule has 2 aliphatic rings. The molecule has 0 spiro atoms. The monoisotopic (exact) mass is 269 g/mol. The van der Waals surface area contributed by atoms with E-state index in [-0.39, 0.29) is 17.5 Å². The predicted molar refractivity (Wildman–Crippen MR) is 74.0 cm³/mol. The summed E-state index contributed by atoms with van der Waals surface area (Å²) >= 11 is 0. The summed E-state index contributed by atoms with van der Waals surface area (Å²) in [6.07, 6.45) is 4.64. The van der Waals surface area contributed by atoms with Gasteiger partial charge in [-0.2, -0.15) is 0 Å². The second-order valence-electron chi connectivity index (χ2n) is 6.39. The van der Waals surface area contributed by atoms with Crippen LogP contribution in [0.3, 0.4) is 0 Å². The lowest BCUT2D eigenvalue weighted by Crippen LogP contribution is -2.43. The van der Waals surface area contributed by atoms with Gasteiger partial charge in [0, 0.05) is 13.1 Å². The third-order valence-electron chi connectivity index (χ3n) is 4.14. The summed E-state index contributed by atoms with van der Waals surface area (Å²) < 4.78 is 11.2. The van der Waals surface area contributed by atoms with Crippen molar-refractivity contribution in [3.05, 3.63) is 0 Å². The minimum atomic E-state index is -0.0279. The Morgan fingerprint density at radius 1 is 1.42 bits per heavy atom. The third kappa shape index (κ3) is 4.18. The van der Waals surface area contributed by atoms with Crippen LogP contribution in [-0.4, -0.2) is 48.8 Å². The Balaban J connectivity index is 1.80. The van der Waals surface area contributed by atoms with Gasteiger partial charge >= 0.3 is 5.97 Å². The van der Waals surface area contributed by atoms with Crippen LogP contribution < -0.4 is 0 Å². The summed E-state index contributed by atoms with van der Waals surface area (Å²) in [5, 5.41) is 0. The van der Waals surface area contributed by atoms with E-state index < -0.39 is 0 Å². The molecule has 110 valence electrons. The molecule has 0 aromatic carbocycles. The molecular formula is C15H27NO3. The third-order valence-corrected chi connectivity index (χ3v) is 4.14. The molecule has 2 rings (SSSR count). The number of piperidine rings is 1. The van der Waals surface area contributed by atoms with Crippen LogP contribution in [-0.2, 0) is 14.3 Å². The highest BCUT2D eigenvalue weighted by Crippen LogP contribution is 2.30. The fraction of sp³-hybridized carbons (Fsp3) is 0.933. The van der Waals surface area contributed by atoms with Gasteiger partial charge in [0.25, 0.3) is 0 Å². The molecule has 2 heterocycles. The highest BCUT2D eigenvalue weighted by molar-refractivity contribution is 5.72. The first-order chi connectivity index (χ1) is 9.00. The Hall–Kier alpha value is -0.610. The van der Waals surface area contributed by atoms with Crippen molar-refractivity contribution in [2.45, 2.75) is 58.2 Å². The second-order valence-corrected chi connectivity index (χ2v) is 6.39. The average molecular weight is 269 g/mol. The second kappa shape index (κ2) is 6.23. The van der Waals surface area contributed by atoms with Crippen LogP contribution in [0.1, 0.15) is 46.5 Å². The average Bonchev–Trinajstić information content (AvgIpc) is 2.69. The molecule has 2 aliphatic heterocycles. The number of rotatable bonds is 4. The van der Waals surface area contributed by atoms with Crippen molar-refractivity contribution in [1.29, 1.82) is 0 Å². The maximum absolute atomic E-state index is 11.8. The van der Waals surface area contributed by atoms with E-state index in [0.717, 1.165) is 45.3 Å². The van der Waals surface area contributed by atoms with Gasteiger partial charge in [-0.05, 0) is 53.0 Å². The van der Waals surface area contributed by atoms with Crippen molar-refractivity contribution in [1.82, 2.24) is 4.90 Å². The summed E-state index contributed by atoms with van der Waals surface area (Å²) in [4.78, 5) is 14.2.